The van der Waals surface area contributed by atoms with Gasteiger partial charge in [0.25, 0.3) is 0 Å². The first-order chi connectivity index (χ1) is 17.3. The third-order valence-corrected chi connectivity index (χ3v) is 6.44. The molecule has 0 spiro atoms. The van der Waals surface area contributed by atoms with Crippen LogP contribution >= 0.6 is 0 Å². The highest BCUT2D eigenvalue weighted by Crippen LogP contribution is 2.50. The van der Waals surface area contributed by atoms with E-state index in [-0.39, 0.29) is 5.91 Å². The Hall–Kier alpha value is -4.12. The van der Waals surface area contributed by atoms with E-state index < -0.39 is 5.41 Å². The van der Waals surface area contributed by atoms with Crippen molar-refractivity contribution in [3.63, 3.8) is 0 Å². The Morgan fingerprint density at radius 3 is 2.17 bits per heavy atom. The molecule has 4 aromatic rings. The number of nitrogens with one attached hydrogen (secondary N) is 1. The van der Waals surface area contributed by atoms with Crippen LogP contribution in [0.25, 0.3) is 0 Å². The van der Waals surface area contributed by atoms with Crippen molar-refractivity contribution in [1.29, 1.82) is 0 Å². The van der Waals surface area contributed by atoms with Crippen LogP contribution < -0.4 is 14.8 Å². The summed E-state index contributed by atoms with van der Waals surface area (Å²) < 4.78 is 11.9. The summed E-state index contributed by atoms with van der Waals surface area (Å²) in [6, 6.07) is 31.6. The van der Waals surface area contributed by atoms with Crippen LogP contribution in [0.4, 0.5) is 0 Å². The van der Waals surface area contributed by atoms with Crippen LogP contribution in [0, 0.1) is 0 Å². The first-order valence-corrected chi connectivity index (χ1v) is 12.0. The number of pyridine rings is 1. The number of aryl methyl sites for hydroxylation is 1. The Kier molecular flexibility index (Phi) is 6.75. The second-order valence-electron chi connectivity index (χ2n) is 8.61. The molecule has 0 atom stereocenters. The molecule has 0 radical (unpaired) electrons. The van der Waals surface area contributed by atoms with Crippen LogP contribution in [0.1, 0.15) is 29.5 Å². The molecule has 0 saturated heterocycles. The number of benzene rings is 3. The predicted molar refractivity (Wildman–Crippen MR) is 136 cm³/mol. The highest BCUT2D eigenvalue weighted by atomic mass is 16.5. The van der Waals surface area contributed by atoms with Crippen LogP contribution in [-0.2, 0) is 16.6 Å². The summed E-state index contributed by atoms with van der Waals surface area (Å²) in [5, 5.41) is 3.15. The molecule has 1 N–H and O–H groups in total. The lowest BCUT2D eigenvalue weighted by Gasteiger charge is -2.39. The van der Waals surface area contributed by atoms with Gasteiger partial charge in [-0.05, 0) is 43.0 Å². The normalized spacial score (nSPS) is 13.1. The van der Waals surface area contributed by atoms with Crippen molar-refractivity contribution in [3.05, 3.63) is 120 Å². The average Bonchev–Trinajstić information content (AvgIpc) is 2.91. The number of rotatable bonds is 9. The van der Waals surface area contributed by atoms with Gasteiger partial charge in [0.2, 0.25) is 11.8 Å². The maximum absolute atomic E-state index is 14.1. The van der Waals surface area contributed by atoms with Gasteiger partial charge in [0.1, 0.15) is 23.5 Å². The fourth-order valence-corrected chi connectivity index (χ4v) is 4.81. The van der Waals surface area contributed by atoms with Crippen LogP contribution in [-0.4, -0.2) is 24.0 Å². The second kappa shape index (κ2) is 10.4. The Bertz CT molecular complexity index is 1230. The maximum atomic E-state index is 14.1. The lowest BCUT2D eigenvalue weighted by molar-refractivity contribution is -0.126. The Morgan fingerprint density at radius 1 is 0.829 bits per heavy atom. The smallest absolute Gasteiger partial charge is 0.235 e. The number of carbonyl (C=O) groups is 1. The van der Waals surface area contributed by atoms with Crippen molar-refractivity contribution in [1.82, 2.24) is 10.3 Å². The number of ether oxygens (including phenoxy) is 2. The standard InChI is InChI=1S/C30H28N2O3/c33-29(32-21-22-34-28-18-8-9-20-31-28)30(19-10-13-23-11-2-1-3-12-23)24-14-4-6-16-26(24)35-27-17-7-5-15-25(27)30/h1-9,11-12,14-18,20H,10,13,19,21-22H2,(H,32,33). The first-order valence-electron chi connectivity index (χ1n) is 12.0. The van der Waals surface area contributed by atoms with Gasteiger partial charge in [-0.15, -0.1) is 0 Å². The van der Waals surface area contributed by atoms with Gasteiger partial charge >= 0.3 is 0 Å². The SMILES string of the molecule is O=C(NCCOc1ccccn1)C1(CCCc2ccccc2)c2ccccc2Oc2ccccc21. The average molecular weight is 465 g/mol. The third kappa shape index (κ3) is 4.76. The van der Waals surface area contributed by atoms with Crippen molar-refractivity contribution in [2.75, 3.05) is 13.2 Å². The molecule has 5 nitrogen and oxygen atoms in total. The third-order valence-electron chi connectivity index (χ3n) is 6.44. The molecular weight excluding hydrogens is 436 g/mol. The first kappa shape index (κ1) is 22.7. The zero-order chi connectivity index (χ0) is 23.9. The van der Waals surface area contributed by atoms with Gasteiger partial charge in [-0.1, -0.05) is 72.8 Å². The summed E-state index contributed by atoms with van der Waals surface area (Å²) in [7, 11) is 0. The number of amides is 1. The van der Waals surface area contributed by atoms with Gasteiger partial charge in [0, 0.05) is 23.4 Å². The Balaban J connectivity index is 1.42. The predicted octanol–water partition coefficient (Wildman–Crippen LogP) is 5.69. The second-order valence-corrected chi connectivity index (χ2v) is 8.61. The zero-order valence-corrected chi connectivity index (χ0v) is 19.5. The molecule has 0 aliphatic carbocycles. The van der Waals surface area contributed by atoms with E-state index >= 15 is 0 Å². The largest absolute Gasteiger partial charge is 0.476 e. The fourth-order valence-electron chi connectivity index (χ4n) is 4.81. The number of hydrogen-bond acceptors (Lipinski definition) is 4. The number of carbonyl (C=O) groups excluding carboxylic acids is 1. The number of aromatic nitrogens is 1. The molecule has 1 amide bonds. The monoisotopic (exact) mass is 464 g/mol. The van der Waals surface area contributed by atoms with Crippen LogP contribution in [0.2, 0.25) is 0 Å². The van der Waals surface area contributed by atoms with Crippen molar-refractivity contribution < 1.29 is 14.3 Å². The molecule has 1 aliphatic heterocycles. The lowest BCUT2D eigenvalue weighted by atomic mass is 9.68. The Labute approximate surface area is 205 Å². The van der Waals surface area contributed by atoms with Gasteiger partial charge in [-0.2, -0.15) is 0 Å². The van der Waals surface area contributed by atoms with E-state index in [0.717, 1.165) is 35.5 Å². The number of nitrogens with zero attached hydrogens (tertiary/aromatic N) is 1. The summed E-state index contributed by atoms with van der Waals surface area (Å²) in [6.07, 6.45) is 4.09. The summed E-state index contributed by atoms with van der Waals surface area (Å²) in [5.74, 6) is 1.95. The minimum Gasteiger partial charge on any atom is -0.476 e. The number of para-hydroxylation sites is 2. The Morgan fingerprint density at radius 2 is 1.49 bits per heavy atom. The van der Waals surface area contributed by atoms with Gasteiger partial charge in [-0.3, -0.25) is 4.79 Å². The molecule has 176 valence electrons. The molecule has 0 unspecified atom stereocenters. The van der Waals surface area contributed by atoms with Crippen molar-refractivity contribution >= 4 is 5.91 Å². The highest BCUT2D eigenvalue weighted by Gasteiger charge is 2.47. The summed E-state index contributed by atoms with van der Waals surface area (Å²) in [4.78, 5) is 18.2. The summed E-state index contributed by atoms with van der Waals surface area (Å²) in [5.41, 5.74) is 2.20. The number of hydrogen-bond donors (Lipinski definition) is 1. The van der Waals surface area contributed by atoms with E-state index in [0.29, 0.717) is 25.5 Å². The quantitative estimate of drug-likeness (QED) is 0.323. The van der Waals surface area contributed by atoms with Crippen LogP contribution in [0.3, 0.4) is 0 Å². The van der Waals surface area contributed by atoms with Gasteiger partial charge in [0.05, 0.1) is 6.54 Å². The van der Waals surface area contributed by atoms with Crippen LogP contribution in [0.15, 0.2) is 103 Å². The van der Waals surface area contributed by atoms with E-state index in [1.807, 2.05) is 66.7 Å². The molecule has 0 saturated carbocycles. The fraction of sp³-hybridized carbons (Fsp3) is 0.200. The van der Waals surface area contributed by atoms with E-state index in [9.17, 15) is 4.79 Å². The molecular formula is C30H28N2O3. The van der Waals surface area contributed by atoms with Crippen molar-refractivity contribution in [2.24, 2.45) is 0 Å². The topological polar surface area (TPSA) is 60.5 Å². The summed E-state index contributed by atoms with van der Waals surface area (Å²) >= 11 is 0. The molecule has 5 rings (SSSR count). The van der Waals surface area contributed by atoms with E-state index in [4.69, 9.17) is 9.47 Å². The number of fused-ring (bicyclic) bond motifs is 2. The van der Waals surface area contributed by atoms with E-state index in [1.54, 1.807) is 12.3 Å². The molecule has 35 heavy (non-hydrogen) atoms. The van der Waals surface area contributed by atoms with Crippen molar-refractivity contribution in [2.45, 2.75) is 24.7 Å². The summed E-state index contributed by atoms with van der Waals surface area (Å²) in [6.45, 7) is 0.712. The minimum atomic E-state index is -0.856. The molecule has 1 aromatic heterocycles. The molecule has 5 heteroatoms. The molecule has 0 fully saturated rings. The van der Waals surface area contributed by atoms with Gasteiger partial charge in [0.15, 0.2) is 0 Å². The van der Waals surface area contributed by atoms with Gasteiger partial charge < -0.3 is 14.8 Å². The maximum Gasteiger partial charge on any atom is 0.235 e. The lowest BCUT2D eigenvalue weighted by Crippen LogP contribution is -2.48. The molecule has 0 bridgehead atoms. The van der Waals surface area contributed by atoms with Crippen LogP contribution in [0.5, 0.6) is 17.4 Å². The minimum absolute atomic E-state index is 0.0432. The highest BCUT2D eigenvalue weighted by molar-refractivity contribution is 5.94. The van der Waals surface area contributed by atoms with E-state index in [1.165, 1.54) is 5.56 Å². The van der Waals surface area contributed by atoms with E-state index in [2.05, 4.69) is 34.6 Å². The zero-order valence-electron chi connectivity index (χ0n) is 19.5. The molecule has 3 aromatic carbocycles. The van der Waals surface area contributed by atoms with Crippen molar-refractivity contribution in [3.8, 4) is 17.4 Å². The molecule has 1 aliphatic rings. The molecule has 2 heterocycles. The van der Waals surface area contributed by atoms with Gasteiger partial charge in [-0.25, -0.2) is 4.98 Å².